The van der Waals surface area contributed by atoms with Gasteiger partial charge in [-0.15, -0.1) is 0 Å². The van der Waals surface area contributed by atoms with E-state index < -0.39 is 0 Å². The van der Waals surface area contributed by atoms with E-state index in [1.54, 1.807) is 12.1 Å². The molecule has 2 aromatic rings. The number of para-hydroxylation sites is 1. The first-order valence-corrected chi connectivity index (χ1v) is 7.73. The number of rotatable bonds is 4. The van der Waals surface area contributed by atoms with Crippen LogP contribution < -0.4 is 10.6 Å². The third-order valence-corrected chi connectivity index (χ3v) is 4.13. The van der Waals surface area contributed by atoms with Gasteiger partial charge in [0, 0.05) is 16.4 Å². The monoisotopic (exact) mass is 364 g/mol. The summed E-state index contributed by atoms with van der Waals surface area (Å²) in [4.78, 5) is 12.0. The Morgan fingerprint density at radius 2 is 1.77 bits per heavy atom. The van der Waals surface area contributed by atoms with Crippen LogP contribution in [0.25, 0.3) is 0 Å². The SMILES string of the molecule is CC(C)(CNC(=O)Nc1ccccc1Br)c1ccc(F)cc1. The molecular formula is C17H18BrFN2O. The summed E-state index contributed by atoms with van der Waals surface area (Å²) in [5.74, 6) is -0.265. The first-order valence-electron chi connectivity index (χ1n) is 6.94. The molecule has 116 valence electrons. The highest BCUT2D eigenvalue weighted by molar-refractivity contribution is 9.10. The molecule has 0 aliphatic carbocycles. The minimum absolute atomic E-state index is 0.265. The van der Waals surface area contributed by atoms with E-state index in [-0.39, 0.29) is 17.3 Å². The van der Waals surface area contributed by atoms with Crippen molar-refractivity contribution in [3.8, 4) is 0 Å². The van der Waals surface area contributed by atoms with Gasteiger partial charge in [-0.3, -0.25) is 0 Å². The van der Waals surface area contributed by atoms with E-state index in [0.29, 0.717) is 12.2 Å². The van der Waals surface area contributed by atoms with Gasteiger partial charge in [0.1, 0.15) is 5.82 Å². The molecular weight excluding hydrogens is 347 g/mol. The lowest BCUT2D eigenvalue weighted by molar-refractivity contribution is 0.249. The van der Waals surface area contributed by atoms with Gasteiger partial charge >= 0.3 is 6.03 Å². The molecule has 0 unspecified atom stereocenters. The molecule has 0 bridgehead atoms. The zero-order valence-electron chi connectivity index (χ0n) is 12.5. The summed E-state index contributed by atoms with van der Waals surface area (Å²) in [5.41, 5.74) is 1.38. The number of benzene rings is 2. The number of carbonyl (C=O) groups excluding carboxylic acids is 1. The number of amides is 2. The van der Waals surface area contributed by atoms with E-state index in [2.05, 4.69) is 26.6 Å². The molecule has 3 nitrogen and oxygen atoms in total. The molecule has 0 radical (unpaired) electrons. The Morgan fingerprint density at radius 3 is 2.41 bits per heavy atom. The van der Waals surface area contributed by atoms with Gasteiger partial charge < -0.3 is 10.6 Å². The lowest BCUT2D eigenvalue weighted by Crippen LogP contribution is -2.39. The van der Waals surface area contributed by atoms with Crippen molar-refractivity contribution in [2.75, 3.05) is 11.9 Å². The summed E-state index contributed by atoms with van der Waals surface area (Å²) in [6, 6.07) is 13.5. The van der Waals surface area contributed by atoms with E-state index in [1.807, 2.05) is 38.1 Å². The molecule has 5 heteroatoms. The summed E-state index contributed by atoms with van der Waals surface area (Å²) < 4.78 is 13.8. The van der Waals surface area contributed by atoms with Crippen molar-refractivity contribution < 1.29 is 9.18 Å². The van der Waals surface area contributed by atoms with E-state index in [1.165, 1.54) is 12.1 Å². The average Bonchev–Trinajstić information content (AvgIpc) is 2.48. The Kier molecular flexibility index (Phi) is 5.19. The van der Waals surface area contributed by atoms with Crippen LogP contribution in [0.3, 0.4) is 0 Å². The van der Waals surface area contributed by atoms with Crippen LogP contribution in [0.5, 0.6) is 0 Å². The highest BCUT2D eigenvalue weighted by atomic mass is 79.9. The van der Waals surface area contributed by atoms with Crippen molar-refractivity contribution in [1.29, 1.82) is 0 Å². The minimum Gasteiger partial charge on any atom is -0.337 e. The lowest BCUT2D eigenvalue weighted by Gasteiger charge is -2.25. The lowest BCUT2D eigenvalue weighted by atomic mass is 9.84. The van der Waals surface area contributed by atoms with Gasteiger partial charge in [0.2, 0.25) is 0 Å². The Balaban J connectivity index is 1.95. The molecule has 2 aromatic carbocycles. The summed E-state index contributed by atoms with van der Waals surface area (Å²) in [5, 5.41) is 5.63. The van der Waals surface area contributed by atoms with E-state index in [9.17, 15) is 9.18 Å². The number of hydrogen-bond donors (Lipinski definition) is 2. The third kappa shape index (κ3) is 4.31. The molecule has 0 aromatic heterocycles. The van der Waals surface area contributed by atoms with Gasteiger partial charge in [-0.25, -0.2) is 9.18 Å². The summed E-state index contributed by atoms with van der Waals surface area (Å²) in [7, 11) is 0. The van der Waals surface area contributed by atoms with Gasteiger partial charge in [0.15, 0.2) is 0 Å². The molecule has 0 atom stereocenters. The van der Waals surface area contributed by atoms with Crippen LogP contribution in [0.15, 0.2) is 53.0 Å². The van der Waals surface area contributed by atoms with Crippen molar-refractivity contribution >= 4 is 27.6 Å². The maximum absolute atomic E-state index is 13.0. The van der Waals surface area contributed by atoms with Crippen molar-refractivity contribution in [2.45, 2.75) is 19.3 Å². The summed E-state index contributed by atoms with van der Waals surface area (Å²) in [6.07, 6.45) is 0. The standard InChI is InChI=1S/C17H18BrFN2O/c1-17(2,12-7-9-13(19)10-8-12)11-20-16(22)21-15-6-4-3-5-14(15)18/h3-10H,11H2,1-2H3,(H2,20,21,22). The molecule has 2 N–H and O–H groups in total. The Hall–Kier alpha value is -1.88. The fourth-order valence-electron chi connectivity index (χ4n) is 2.03. The minimum atomic E-state index is -0.293. The molecule has 2 amide bonds. The summed E-state index contributed by atoms with van der Waals surface area (Å²) in [6.45, 7) is 4.44. The topological polar surface area (TPSA) is 41.1 Å². The highest BCUT2D eigenvalue weighted by Crippen LogP contribution is 2.23. The zero-order chi connectivity index (χ0) is 16.2. The third-order valence-electron chi connectivity index (χ3n) is 3.44. The molecule has 2 rings (SSSR count). The first-order chi connectivity index (χ1) is 10.4. The van der Waals surface area contributed by atoms with Crippen LogP contribution in [0.2, 0.25) is 0 Å². The fraction of sp³-hybridized carbons (Fsp3) is 0.235. The Labute approximate surface area is 138 Å². The predicted molar refractivity (Wildman–Crippen MR) is 90.6 cm³/mol. The Morgan fingerprint density at radius 1 is 1.14 bits per heavy atom. The van der Waals surface area contributed by atoms with E-state index >= 15 is 0 Å². The maximum Gasteiger partial charge on any atom is 0.319 e. The number of halogens is 2. The van der Waals surface area contributed by atoms with Gasteiger partial charge in [0.05, 0.1) is 5.69 Å². The number of hydrogen-bond acceptors (Lipinski definition) is 1. The summed E-state index contributed by atoms with van der Waals surface area (Å²) >= 11 is 3.38. The molecule has 0 aliphatic rings. The van der Waals surface area contributed by atoms with E-state index in [0.717, 1.165) is 10.0 Å². The molecule has 0 spiro atoms. The zero-order valence-corrected chi connectivity index (χ0v) is 14.1. The van der Waals surface area contributed by atoms with Crippen LogP contribution in [-0.4, -0.2) is 12.6 Å². The molecule has 0 fully saturated rings. The molecule has 0 saturated heterocycles. The number of nitrogens with one attached hydrogen (secondary N) is 2. The van der Waals surface area contributed by atoms with E-state index in [4.69, 9.17) is 0 Å². The molecule has 22 heavy (non-hydrogen) atoms. The van der Waals surface area contributed by atoms with Gasteiger partial charge in [0.25, 0.3) is 0 Å². The Bertz CT molecular complexity index is 656. The van der Waals surface area contributed by atoms with Gasteiger partial charge in [-0.2, -0.15) is 0 Å². The normalized spacial score (nSPS) is 11.1. The van der Waals surface area contributed by atoms with Crippen molar-refractivity contribution in [1.82, 2.24) is 5.32 Å². The van der Waals surface area contributed by atoms with Crippen LogP contribution in [0, 0.1) is 5.82 Å². The predicted octanol–water partition coefficient (Wildman–Crippen LogP) is 4.69. The van der Waals surface area contributed by atoms with Crippen molar-refractivity contribution in [3.63, 3.8) is 0 Å². The number of anilines is 1. The number of carbonyl (C=O) groups is 1. The maximum atomic E-state index is 13.0. The quantitative estimate of drug-likeness (QED) is 0.811. The molecule has 0 heterocycles. The van der Waals surface area contributed by atoms with Crippen molar-refractivity contribution in [2.24, 2.45) is 0 Å². The fourth-order valence-corrected chi connectivity index (χ4v) is 2.42. The smallest absolute Gasteiger partial charge is 0.319 e. The molecule has 0 saturated carbocycles. The second-order valence-corrected chi connectivity index (χ2v) is 6.53. The highest BCUT2D eigenvalue weighted by Gasteiger charge is 2.21. The van der Waals surface area contributed by atoms with Crippen LogP contribution in [0.4, 0.5) is 14.9 Å². The van der Waals surface area contributed by atoms with Gasteiger partial charge in [-0.1, -0.05) is 38.1 Å². The second kappa shape index (κ2) is 6.92. The van der Waals surface area contributed by atoms with Crippen LogP contribution in [-0.2, 0) is 5.41 Å². The number of urea groups is 1. The largest absolute Gasteiger partial charge is 0.337 e. The van der Waals surface area contributed by atoms with Crippen LogP contribution >= 0.6 is 15.9 Å². The molecule has 0 aliphatic heterocycles. The van der Waals surface area contributed by atoms with Crippen molar-refractivity contribution in [3.05, 3.63) is 64.4 Å². The first kappa shape index (κ1) is 16.5. The van der Waals surface area contributed by atoms with Crippen LogP contribution in [0.1, 0.15) is 19.4 Å². The van der Waals surface area contributed by atoms with Gasteiger partial charge in [-0.05, 0) is 45.8 Å². The second-order valence-electron chi connectivity index (χ2n) is 5.68. The average molecular weight is 365 g/mol.